The van der Waals surface area contributed by atoms with Crippen molar-refractivity contribution in [2.45, 2.75) is 6.92 Å². The summed E-state index contributed by atoms with van der Waals surface area (Å²) in [6.45, 7) is 2.62. The minimum atomic E-state index is 0.257. The van der Waals surface area contributed by atoms with Crippen molar-refractivity contribution >= 4 is 0 Å². The fourth-order valence-electron chi connectivity index (χ4n) is 1.14. The SMILES string of the molecule is COCOc1ccc(C#CCN)c(C)c1. The maximum absolute atomic E-state index is 5.31. The van der Waals surface area contributed by atoms with Crippen LogP contribution in [0, 0.1) is 18.8 Å². The number of nitrogens with two attached hydrogens (primary N) is 1. The monoisotopic (exact) mass is 205 g/mol. The molecule has 0 spiro atoms. The maximum Gasteiger partial charge on any atom is 0.188 e. The molecule has 0 aliphatic heterocycles. The van der Waals surface area contributed by atoms with Crippen LogP contribution in [-0.4, -0.2) is 20.4 Å². The van der Waals surface area contributed by atoms with E-state index >= 15 is 0 Å². The van der Waals surface area contributed by atoms with Crippen LogP contribution in [0.3, 0.4) is 0 Å². The third kappa shape index (κ3) is 3.62. The Balaban J connectivity index is 2.78. The number of methoxy groups -OCH3 is 1. The van der Waals surface area contributed by atoms with Gasteiger partial charge in [-0.3, -0.25) is 0 Å². The number of hydrogen-bond donors (Lipinski definition) is 1. The average molecular weight is 205 g/mol. The van der Waals surface area contributed by atoms with Gasteiger partial charge in [0.2, 0.25) is 0 Å². The van der Waals surface area contributed by atoms with Crippen molar-refractivity contribution in [1.82, 2.24) is 0 Å². The van der Waals surface area contributed by atoms with E-state index in [9.17, 15) is 0 Å². The molecule has 0 aliphatic carbocycles. The molecule has 1 aromatic rings. The van der Waals surface area contributed by atoms with E-state index in [0.29, 0.717) is 6.54 Å². The van der Waals surface area contributed by atoms with Gasteiger partial charge in [-0.2, -0.15) is 0 Å². The summed E-state index contributed by atoms with van der Waals surface area (Å²) in [5.41, 5.74) is 7.36. The number of aryl methyl sites for hydroxylation is 1. The van der Waals surface area contributed by atoms with Crippen molar-refractivity contribution in [2.24, 2.45) is 5.73 Å². The molecule has 3 nitrogen and oxygen atoms in total. The highest BCUT2D eigenvalue weighted by atomic mass is 16.7. The summed E-state index contributed by atoms with van der Waals surface area (Å²) in [7, 11) is 1.59. The number of hydrogen-bond acceptors (Lipinski definition) is 3. The van der Waals surface area contributed by atoms with Gasteiger partial charge < -0.3 is 15.2 Å². The Morgan fingerprint density at radius 1 is 1.40 bits per heavy atom. The molecule has 0 heterocycles. The largest absolute Gasteiger partial charge is 0.468 e. The molecule has 0 unspecified atom stereocenters. The van der Waals surface area contributed by atoms with Crippen LogP contribution in [0.5, 0.6) is 5.75 Å². The molecule has 0 radical (unpaired) electrons. The topological polar surface area (TPSA) is 44.5 Å². The zero-order chi connectivity index (χ0) is 11.1. The van der Waals surface area contributed by atoms with Gasteiger partial charge in [-0.25, -0.2) is 0 Å². The van der Waals surface area contributed by atoms with Gasteiger partial charge in [-0.15, -0.1) is 0 Å². The second kappa shape index (κ2) is 6.07. The molecule has 0 amide bonds. The van der Waals surface area contributed by atoms with E-state index in [1.54, 1.807) is 7.11 Å². The molecule has 2 N–H and O–H groups in total. The van der Waals surface area contributed by atoms with Gasteiger partial charge in [-0.1, -0.05) is 11.8 Å². The lowest BCUT2D eigenvalue weighted by molar-refractivity contribution is 0.0511. The lowest BCUT2D eigenvalue weighted by Crippen LogP contribution is -1.99. The Hall–Kier alpha value is -1.50. The van der Waals surface area contributed by atoms with Crippen LogP contribution in [0.1, 0.15) is 11.1 Å². The Morgan fingerprint density at radius 3 is 2.80 bits per heavy atom. The van der Waals surface area contributed by atoms with Crippen molar-refractivity contribution in [1.29, 1.82) is 0 Å². The van der Waals surface area contributed by atoms with Crippen molar-refractivity contribution in [3.63, 3.8) is 0 Å². The van der Waals surface area contributed by atoms with Crippen LogP contribution >= 0.6 is 0 Å². The minimum absolute atomic E-state index is 0.257. The van der Waals surface area contributed by atoms with Crippen LogP contribution in [0.2, 0.25) is 0 Å². The first-order valence-corrected chi connectivity index (χ1v) is 4.69. The molecule has 1 aromatic carbocycles. The Labute approximate surface area is 90.2 Å². The van der Waals surface area contributed by atoms with Crippen LogP contribution in [0.25, 0.3) is 0 Å². The Morgan fingerprint density at radius 2 is 2.20 bits per heavy atom. The lowest BCUT2D eigenvalue weighted by atomic mass is 10.1. The Kier molecular flexibility index (Phi) is 4.69. The summed E-state index contributed by atoms with van der Waals surface area (Å²) in [5, 5.41) is 0. The smallest absolute Gasteiger partial charge is 0.188 e. The summed E-state index contributed by atoms with van der Waals surface area (Å²) < 4.78 is 10.1. The third-order valence-corrected chi connectivity index (χ3v) is 1.87. The number of benzene rings is 1. The fraction of sp³-hybridized carbons (Fsp3) is 0.333. The van der Waals surface area contributed by atoms with E-state index in [4.69, 9.17) is 15.2 Å². The standard InChI is InChI=1S/C12H15NO2/c1-10-8-12(15-9-14-2)6-5-11(10)4-3-7-13/h5-6,8H,7,9,13H2,1-2H3. The van der Waals surface area contributed by atoms with Crippen LogP contribution in [0.4, 0.5) is 0 Å². The van der Waals surface area contributed by atoms with Gasteiger partial charge in [0.15, 0.2) is 6.79 Å². The summed E-state index contributed by atoms with van der Waals surface area (Å²) in [5.74, 6) is 6.60. The predicted octanol–water partition coefficient (Wildman–Crippen LogP) is 1.29. The first kappa shape index (κ1) is 11.6. The molecular weight excluding hydrogens is 190 g/mol. The van der Waals surface area contributed by atoms with E-state index in [-0.39, 0.29) is 6.79 Å². The van der Waals surface area contributed by atoms with Crippen molar-refractivity contribution in [2.75, 3.05) is 20.4 Å². The zero-order valence-electron chi connectivity index (χ0n) is 9.04. The third-order valence-electron chi connectivity index (χ3n) is 1.87. The van der Waals surface area contributed by atoms with E-state index in [2.05, 4.69) is 11.8 Å². The van der Waals surface area contributed by atoms with Crippen LogP contribution in [0.15, 0.2) is 18.2 Å². The first-order chi connectivity index (χ1) is 7.27. The molecule has 0 aliphatic rings. The van der Waals surface area contributed by atoms with Crippen LogP contribution in [-0.2, 0) is 4.74 Å². The van der Waals surface area contributed by atoms with E-state index in [1.807, 2.05) is 25.1 Å². The quantitative estimate of drug-likeness (QED) is 0.597. The molecule has 3 heteroatoms. The molecule has 0 saturated heterocycles. The highest BCUT2D eigenvalue weighted by Crippen LogP contribution is 2.16. The molecule has 80 valence electrons. The van der Waals surface area contributed by atoms with Crippen molar-refractivity contribution in [3.05, 3.63) is 29.3 Å². The van der Waals surface area contributed by atoms with Crippen LogP contribution < -0.4 is 10.5 Å². The molecule has 0 aromatic heterocycles. The summed E-state index contributed by atoms with van der Waals surface area (Å²) in [4.78, 5) is 0. The fourth-order valence-corrected chi connectivity index (χ4v) is 1.14. The predicted molar refractivity (Wildman–Crippen MR) is 59.6 cm³/mol. The minimum Gasteiger partial charge on any atom is -0.468 e. The molecule has 0 atom stereocenters. The van der Waals surface area contributed by atoms with Gasteiger partial charge in [0.05, 0.1) is 6.54 Å². The van der Waals surface area contributed by atoms with Gasteiger partial charge >= 0.3 is 0 Å². The van der Waals surface area contributed by atoms with E-state index < -0.39 is 0 Å². The first-order valence-electron chi connectivity index (χ1n) is 4.69. The van der Waals surface area contributed by atoms with Gasteiger partial charge in [0.25, 0.3) is 0 Å². The summed E-state index contributed by atoms with van der Waals surface area (Å²) in [6, 6.07) is 5.72. The van der Waals surface area contributed by atoms with E-state index in [0.717, 1.165) is 16.9 Å². The highest BCUT2D eigenvalue weighted by Gasteiger charge is 1.98. The second-order valence-corrected chi connectivity index (χ2v) is 3.03. The summed E-state index contributed by atoms with van der Waals surface area (Å²) in [6.07, 6.45) is 0. The van der Waals surface area contributed by atoms with E-state index in [1.165, 1.54) is 0 Å². The van der Waals surface area contributed by atoms with Crippen molar-refractivity contribution in [3.8, 4) is 17.6 Å². The average Bonchev–Trinajstić information content (AvgIpc) is 2.25. The molecular formula is C12H15NO2. The number of ether oxygens (including phenoxy) is 2. The molecule has 15 heavy (non-hydrogen) atoms. The highest BCUT2D eigenvalue weighted by molar-refractivity contribution is 5.44. The van der Waals surface area contributed by atoms with Gasteiger partial charge in [0, 0.05) is 12.7 Å². The van der Waals surface area contributed by atoms with Crippen molar-refractivity contribution < 1.29 is 9.47 Å². The normalized spacial score (nSPS) is 9.27. The molecule has 0 bridgehead atoms. The lowest BCUT2D eigenvalue weighted by Gasteiger charge is -2.06. The summed E-state index contributed by atoms with van der Waals surface area (Å²) >= 11 is 0. The Bertz CT molecular complexity index is 377. The van der Waals surface area contributed by atoms with Gasteiger partial charge in [-0.05, 0) is 30.7 Å². The van der Waals surface area contributed by atoms with Gasteiger partial charge in [0.1, 0.15) is 5.75 Å². The number of rotatable bonds is 3. The maximum atomic E-state index is 5.31. The molecule has 0 fully saturated rings. The molecule has 0 saturated carbocycles. The second-order valence-electron chi connectivity index (χ2n) is 3.03. The molecule has 1 rings (SSSR count). The zero-order valence-corrected chi connectivity index (χ0v) is 9.04.